The van der Waals surface area contributed by atoms with Crippen molar-refractivity contribution in [1.29, 1.82) is 0 Å². The number of aromatic nitrogens is 3. The molecule has 2 aromatic carbocycles. The maximum atomic E-state index is 13.9. The Labute approximate surface area is 230 Å². The summed E-state index contributed by atoms with van der Waals surface area (Å²) in [6, 6.07) is 11.2. The van der Waals surface area contributed by atoms with Crippen molar-refractivity contribution in [2.75, 3.05) is 11.5 Å². The van der Waals surface area contributed by atoms with Gasteiger partial charge >= 0.3 is 0 Å². The van der Waals surface area contributed by atoms with Crippen LogP contribution in [-0.4, -0.2) is 63.8 Å². The summed E-state index contributed by atoms with van der Waals surface area (Å²) in [5, 5.41) is 18.6. The number of aromatic amines is 1. The molecule has 3 heterocycles. The van der Waals surface area contributed by atoms with Crippen molar-refractivity contribution in [3.05, 3.63) is 71.5 Å². The predicted octanol–water partition coefficient (Wildman–Crippen LogP) is 1.10. The van der Waals surface area contributed by atoms with Gasteiger partial charge in [-0.05, 0) is 29.7 Å². The summed E-state index contributed by atoms with van der Waals surface area (Å²) >= 11 is 0. The van der Waals surface area contributed by atoms with Gasteiger partial charge in [-0.1, -0.05) is 50.6 Å². The average molecular weight is 546 g/mol. The largest absolute Gasteiger partial charge is 0.489 e. The monoisotopic (exact) mass is 545 g/mol. The molecule has 0 aliphatic carbocycles. The Balaban J connectivity index is 1.35. The summed E-state index contributed by atoms with van der Waals surface area (Å²) in [6.45, 7) is 3.80. The number of benzene rings is 2. The summed E-state index contributed by atoms with van der Waals surface area (Å²) in [7, 11) is 0. The molecule has 12 nitrogen and oxygen atoms in total. The lowest BCUT2D eigenvalue weighted by atomic mass is 9.97. The summed E-state index contributed by atoms with van der Waals surface area (Å²) in [6.07, 6.45) is 2.42. The van der Waals surface area contributed by atoms with Crippen molar-refractivity contribution in [1.82, 2.24) is 31.4 Å². The molecule has 208 valence electrons. The molecule has 2 aliphatic rings. The Kier molecular flexibility index (Phi) is 7.76. The van der Waals surface area contributed by atoms with Crippen molar-refractivity contribution in [2.24, 2.45) is 5.92 Å². The number of carbonyl (C=O) groups excluding carboxylic acids is 4. The fraction of sp³-hybridized carbons (Fsp3) is 0.357. The van der Waals surface area contributed by atoms with Crippen molar-refractivity contribution >= 4 is 29.3 Å². The molecule has 12 heteroatoms. The highest BCUT2D eigenvalue weighted by molar-refractivity contribution is 6.08. The highest BCUT2D eigenvalue weighted by Gasteiger charge is 2.45. The number of carbonyl (C=O) groups is 4. The van der Waals surface area contributed by atoms with Crippen molar-refractivity contribution in [3.63, 3.8) is 0 Å². The highest BCUT2D eigenvalue weighted by atomic mass is 16.5. The van der Waals surface area contributed by atoms with Gasteiger partial charge in [0.25, 0.3) is 11.8 Å². The van der Waals surface area contributed by atoms with Crippen LogP contribution in [0.5, 0.6) is 5.75 Å². The molecular formula is C28H31N7O5. The number of nitrogens with one attached hydrogen (secondary N) is 4. The van der Waals surface area contributed by atoms with Gasteiger partial charge in [0, 0.05) is 12.0 Å². The first-order valence-corrected chi connectivity index (χ1v) is 13.2. The summed E-state index contributed by atoms with van der Waals surface area (Å²) in [5.41, 5.74) is 2.31. The van der Waals surface area contributed by atoms with E-state index in [0.717, 1.165) is 5.56 Å². The van der Waals surface area contributed by atoms with E-state index < -0.39 is 29.9 Å². The number of para-hydroxylation sites is 1. The Bertz CT molecular complexity index is 1400. The first-order valence-electron chi connectivity index (χ1n) is 13.2. The lowest BCUT2D eigenvalue weighted by Gasteiger charge is -2.29. The Hall–Kier alpha value is -4.74. The van der Waals surface area contributed by atoms with Crippen molar-refractivity contribution in [3.8, 4) is 5.75 Å². The van der Waals surface area contributed by atoms with E-state index in [1.54, 1.807) is 36.4 Å². The van der Waals surface area contributed by atoms with Crippen LogP contribution in [0.3, 0.4) is 0 Å². The van der Waals surface area contributed by atoms with Crippen LogP contribution in [0.2, 0.25) is 0 Å². The number of H-pyrrole nitrogens is 1. The molecule has 40 heavy (non-hydrogen) atoms. The number of ether oxygens (including phenoxy) is 1. The molecule has 0 radical (unpaired) electrons. The van der Waals surface area contributed by atoms with E-state index in [1.165, 1.54) is 11.1 Å². The fourth-order valence-corrected chi connectivity index (χ4v) is 4.95. The van der Waals surface area contributed by atoms with Crippen molar-refractivity contribution < 1.29 is 23.9 Å². The zero-order valence-corrected chi connectivity index (χ0v) is 22.2. The molecule has 5 rings (SSSR count). The third kappa shape index (κ3) is 5.37. The SMILES string of the molecule is CC[C@H](C)[C@H](NC(=O)c1ccccc1)C(=O)N[C@H]1COc2cccc3c2N(C1=O)[C@H](C(=O)NCc1cn[nH]n1)C3. The molecular weight excluding hydrogens is 514 g/mol. The maximum Gasteiger partial charge on any atom is 0.253 e. The quantitative estimate of drug-likeness (QED) is 0.313. The minimum Gasteiger partial charge on any atom is -0.489 e. The Morgan fingerprint density at radius 3 is 2.67 bits per heavy atom. The van der Waals surface area contributed by atoms with E-state index >= 15 is 0 Å². The Morgan fingerprint density at radius 1 is 1.15 bits per heavy atom. The topological polar surface area (TPSA) is 158 Å². The van der Waals surface area contributed by atoms with E-state index in [4.69, 9.17) is 4.74 Å². The van der Waals surface area contributed by atoms with E-state index in [0.29, 0.717) is 35.5 Å². The summed E-state index contributed by atoms with van der Waals surface area (Å²) in [4.78, 5) is 55.0. The minimum atomic E-state index is -1.07. The fourth-order valence-electron chi connectivity index (χ4n) is 4.95. The van der Waals surface area contributed by atoms with Crippen LogP contribution in [0, 0.1) is 5.92 Å². The molecule has 4 N–H and O–H groups in total. The lowest BCUT2D eigenvalue weighted by Crippen LogP contribution is -2.59. The molecule has 0 saturated heterocycles. The van der Waals surface area contributed by atoms with Crippen LogP contribution >= 0.6 is 0 Å². The second-order valence-corrected chi connectivity index (χ2v) is 9.95. The summed E-state index contributed by atoms with van der Waals surface area (Å²) in [5.74, 6) is -1.46. The average Bonchev–Trinajstić information content (AvgIpc) is 3.61. The zero-order valence-electron chi connectivity index (χ0n) is 22.2. The molecule has 4 amide bonds. The van der Waals surface area contributed by atoms with Gasteiger partial charge in [0.2, 0.25) is 11.8 Å². The van der Waals surface area contributed by atoms with Gasteiger partial charge in [-0.2, -0.15) is 15.4 Å². The number of hydrogen-bond donors (Lipinski definition) is 4. The number of nitrogens with zero attached hydrogens (tertiary/aromatic N) is 3. The van der Waals surface area contributed by atoms with Gasteiger partial charge in [-0.3, -0.25) is 24.1 Å². The van der Waals surface area contributed by atoms with Gasteiger partial charge in [-0.25, -0.2) is 0 Å². The number of amides is 4. The molecule has 3 aromatic rings. The molecule has 0 fully saturated rings. The zero-order chi connectivity index (χ0) is 28.2. The maximum absolute atomic E-state index is 13.9. The van der Waals surface area contributed by atoms with Gasteiger partial charge < -0.3 is 20.7 Å². The van der Waals surface area contributed by atoms with E-state index in [9.17, 15) is 19.2 Å². The molecule has 1 aromatic heterocycles. The first-order chi connectivity index (χ1) is 19.4. The second-order valence-electron chi connectivity index (χ2n) is 9.95. The van der Waals surface area contributed by atoms with Crippen LogP contribution in [0.15, 0.2) is 54.7 Å². The van der Waals surface area contributed by atoms with Gasteiger partial charge in [0.1, 0.15) is 36.2 Å². The minimum absolute atomic E-state index is 0.120. The van der Waals surface area contributed by atoms with E-state index in [-0.39, 0.29) is 30.9 Å². The van der Waals surface area contributed by atoms with Crippen LogP contribution in [0.4, 0.5) is 5.69 Å². The van der Waals surface area contributed by atoms with Crippen molar-refractivity contribution in [2.45, 2.75) is 51.4 Å². The summed E-state index contributed by atoms with van der Waals surface area (Å²) < 4.78 is 5.97. The molecule has 0 spiro atoms. The smallest absolute Gasteiger partial charge is 0.253 e. The van der Waals surface area contributed by atoms with Crippen LogP contribution in [-0.2, 0) is 27.3 Å². The number of rotatable bonds is 9. The lowest BCUT2D eigenvalue weighted by molar-refractivity contribution is -0.131. The normalized spacial score (nSPS) is 19.1. The van der Waals surface area contributed by atoms with Crippen LogP contribution in [0.25, 0.3) is 0 Å². The van der Waals surface area contributed by atoms with Gasteiger partial charge in [0.15, 0.2) is 0 Å². The Morgan fingerprint density at radius 2 is 1.95 bits per heavy atom. The molecule has 4 atom stereocenters. The predicted molar refractivity (Wildman–Crippen MR) is 144 cm³/mol. The molecule has 0 unspecified atom stereocenters. The number of anilines is 1. The third-order valence-electron chi connectivity index (χ3n) is 7.34. The standard InChI is InChI=1S/C28H31N7O5/c1-3-16(2)23(32-25(36)17-8-5-4-6-9-17)27(38)31-20-15-40-22-11-7-10-18-12-21(35(24(18)22)28(20)39)26(37)29-13-19-14-30-34-33-19/h4-11,14,16,20-21,23H,3,12-13,15H2,1-2H3,(H,29,37)(H,31,38)(H,32,36)(H,30,33,34)/t16-,20-,21-,23-/m0/s1. The third-order valence-corrected chi connectivity index (χ3v) is 7.34. The second kappa shape index (κ2) is 11.6. The van der Waals surface area contributed by atoms with E-state index in [2.05, 4.69) is 31.4 Å². The molecule has 0 saturated carbocycles. The van der Waals surface area contributed by atoms with Crippen LogP contribution < -0.4 is 25.6 Å². The van der Waals surface area contributed by atoms with E-state index in [1.807, 2.05) is 26.0 Å². The number of hydrogen-bond acceptors (Lipinski definition) is 7. The first kappa shape index (κ1) is 26.9. The molecule has 2 aliphatic heterocycles. The van der Waals surface area contributed by atoms with Gasteiger partial charge in [0.05, 0.1) is 18.4 Å². The molecule has 0 bridgehead atoms. The van der Waals surface area contributed by atoms with Crippen LogP contribution in [0.1, 0.15) is 41.9 Å². The highest BCUT2D eigenvalue weighted by Crippen LogP contribution is 2.42. The van der Waals surface area contributed by atoms with Gasteiger partial charge in [-0.15, -0.1) is 0 Å².